The Morgan fingerprint density at radius 3 is 2.03 bits per heavy atom. The SMILES string of the molecule is CCCC/C=C\C/C=C\CCCCCCCCC1OCC(COC(=O)O[C@@H](C(=O)O[C@H]2C[C@@]3(O)[C@@H](OC(=O)c4ccccc4)[C@H]4[C@](C)(C(=O)[C@H](C)C(=C2C)C3(C)C)[C@@H](O)C[C@@]2(C)OC[C@@]42OC(C)=O)[C@@H](NC(=O)c2ccccc2)c2ccccc2)O1. The fraction of sp³-hybridized carbons (Fsp3) is 0.565. The van der Waals surface area contributed by atoms with E-state index in [-0.39, 0.29) is 37.4 Å². The van der Waals surface area contributed by atoms with Crippen LogP contribution in [0, 0.1) is 22.7 Å². The molecule has 3 aromatic rings. The summed E-state index contributed by atoms with van der Waals surface area (Å²) in [6.07, 6.45) is 12.2. The van der Waals surface area contributed by atoms with Crippen LogP contribution in [0.15, 0.2) is 126 Å². The quantitative estimate of drug-likeness (QED) is 0.0294. The molecule has 0 radical (unpaired) electrons. The number of aliphatic hydroxyl groups excluding tert-OH is 1. The number of fused-ring (bicyclic) bond motifs is 5. The number of carbonyl (C=O) groups is 6. The van der Waals surface area contributed by atoms with Gasteiger partial charge in [0, 0.05) is 36.7 Å². The van der Waals surface area contributed by atoms with Crippen molar-refractivity contribution in [2.45, 2.75) is 205 Å². The van der Waals surface area contributed by atoms with Crippen molar-refractivity contribution in [2.24, 2.45) is 22.7 Å². The lowest BCUT2D eigenvalue weighted by atomic mass is 9.42. The Morgan fingerprint density at radius 1 is 0.791 bits per heavy atom. The average molecular weight is 1190 g/mol. The highest BCUT2D eigenvalue weighted by Gasteiger charge is 2.81. The number of hydrogen-bond acceptors (Lipinski definition) is 16. The normalized spacial score (nSPS) is 30.0. The van der Waals surface area contributed by atoms with Gasteiger partial charge in [-0.05, 0) is 100 Å². The molecule has 5 aliphatic rings. The second kappa shape index (κ2) is 28.6. The average Bonchev–Trinajstić information content (AvgIpc) is 0.685. The number of ether oxygens (including phenoxy) is 8. The van der Waals surface area contributed by atoms with E-state index >= 15 is 9.59 Å². The number of Topliss-reactive ketones (excluding diaryl/α,β-unsaturated/α-hetero) is 1. The van der Waals surface area contributed by atoms with Crippen LogP contribution in [0.1, 0.15) is 178 Å². The van der Waals surface area contributed by atoms with Crippen LogP contribution in [-0.2, 0) is 52.3 Å². The lowest BCUT2D eigenvalue weighted by Crippen LogP contribution is -2.85. The summed E-state index contributed by atoms with van der Waals surface area (Å²) in [5.74, 6) is -6.47. The Labute approximate surface area is 506 Å². The standard InChI is InChI=1S/C69H89NO16/c1-9-10-11-12-13-14-15-16-17-18-19-20-21-22-32-39-54-79-42-51(82-54)43-80-64(77)84-57(56(48-33-26-23-27-34-48)70-61(74)49-35-28-24-29-36-49)63(76)83-52-40-68(78)60(85-62(75)50-37-30-25-31-38-50)58-67(8,59(73)46(3)55(45(52)2)65(68,5)6)53(72)41-66(7)69(58,44-81-66)86-47(4)71/h12-13,15-16,23-31,33-38,46,51-54,56-58,60,72,78H,9-11,14,17-22,32,39-44H2,1-8H3,(H,70,74)/b13-12-,16-15-/t46-,51?,52+,53+,54?,56+,57-,58+,60+,66-,67-,68-,69-/m1/s1. The molecule has 3 N–H and O–H groups in total. The van der Waals surface area contributed by atoms with E-state index in [0.29, 0.717) is 23.1 Å². The first-order valence-corrected chi connectivity index (χ1v) is 30.9. The smallest absolute Gasteiger partial charge is 0.455 e. The van der Waals surface area contributed by atoms with Crippen molar-refractivity contribution in [2.75, 3.05) is 19.8 Å². The van der Waals surface area contributed by atoms with Crippen LogP contribution < -0.4 is 5.32 Å². The highest BCUT2D eigenvalue weighted by Crippen LogP contribution is 2.67. The summed E-state index contributed by atoms with van der Waals surface area (Å²) in [4.78, 5) is 87.4. The molecule has 1 amide bonds. The highest BCUT2D eigenvalue weighted by atomic mass is 16.8. The minimum Gasteiger partial charge on any atom is -0.455 e. The van der Waals surface area contributed by atoms with Crippen molar-refractivity contribution in [3.05, 3.63) is 143 Å². The van der Waals surface area contributed by atoms with Gasteiger partial charge < -0.3 is 53.4 Å². The molecular weight excluding hydrogens is 1100 g/mol. The molecule has 0 spiro atoms. The van der Waals surface area contributed by atoms with Gasteiger partial charge in [0.25, 0.3) is 5.91 Å². The van der Waals surface area contributed by atoms with E-state index in [4.69, 9.17) is 37.9 Å². The first kappa shape index (κ1) is 65.5. The molecule has 13 atom stereocenters. The van der Waals surface area contributed by atoms with E-state index in [1.807, 2.05) is 0 Å². The van der Waals surface area contributed by atoms with Crippen LogP contribution in [0.25, 0.3) is 0 Å². The number of aliphatic hydroxyl groups is 2. The van der Waals surface area contributed by atoms with E-state index in [9.17, 15) is 29.4 Å². The molecule has 2 heterocycles. The molecule has 8 rings (SSSR count). The lowest BCUT2D eigenvalue weighted by molar-refractivity contribution is -0.383. The summed E-state index contributed by atoms with van der Waals surface area (Å²) >= 11 is 0. The summed E-state index contributed by atoms with van der Waals surface area (Å²) in [6.45, 7) is 12.9. The Balaban J connectivity index is 1.04. The molecule has 86 heavy (non-hydrogen) atoms. The molecule has 2 bridgehead atoms. The van der Waals surface area contributed by atoms with Crippen LogP contribution in [-0.4, -0.2) is 119 Å². The van der Waals surface area contributed by atoms with Gasteiger partial charge in [-0.3, -0.25) is 14.4 Å². The van der Waals surface area contributed by atoms with Gasteiger partial charge in [0.1, 0.15) is 47.9 Å². The zero-order valence-electron chi connectivity index (χ0n) is 51.3. The monoisotopic (exact) mass is 1190 g/mol. The number of benzene rings is 3. The molecule has 17 heteroatoms. The lowest BCUT2D eigenvalue weighted by Gasteiger charge is -2.70. The van der Waals surface area contributed by atoms with Crippen LogP contribution in [0.2, 0.25) is 0 Å². The number of allylic oxidation sites excluding steroid dienone is 4. The van der Waals surface area contributed by atoms with E-state index in [0.717, 1.165) is 51.4 Å². The van der Waals surface area contributed by atoms with Crippen molar-refractivity contribution in [3.63, 3.8) is 0 Å². The Kier molecular flexibility index (Phi) is 21.7. The maximum atomic E-state index is 15.7. The fourth-order valence-electron chi connectivity index (χ4n) is 14.0. The largest absolute Gasteiger partial charge is 0.509 e. The van der Waals surface area contributed by atoms with Crippen molar-refractivity contribution >= 4 is 35.8 Å². The van der Waals surface area contributed by atoms with Gasteiger partial charge in [-0.2, -0.15) is 0 Å². The van der Waals surface area contributed by atoms with Crippen LogP contribution in [0.3, 0.4) is 0 Å². The third-order valence-corrected chi connectivity index (χ3v) is 18.9. The molecule has 17 nitrogen and oxygen atoms in total. The Morgan fingerprint density at radius 2 is 1.41 bits per heavy atom. The van der Waals surface area contributed by atoms with Crippen molar-refractivity contribution in [1.82, 2.24) is 5.32 Å². The summed E-state index contributed by atoms with van der Waals surface area (Å²) in [7, 11) is 0. The second-order valence-corrected chi connectivity index (χ2v) is 24.9. The first-order valence-electron chi connectivity index (χ1n) is 30.9. The zero-order chi connectivity index (χ0) is 61.9. The number of amides is 1. The van der Waals surface area contributed by atoms with E-state index in [2.05, 4.69) is 36.5 Å². The van der Waals surface area contributed by atoms with E-state index in [1.165, 1.54) is 38.3 Å². The Hall–Kier alpha value is -6.50. The number of hydrogen-bond donors (Lipinski definition) is 3. The van der Waals surface area contributed by atoms with E-state index in [1.54, 1.807) is 120 Å². The predicted octanol–water partition coefficient (Wildman–Crippen LogP) is 11.5. The molecule has 2 saturated heterocycles. The van der Waals surface area contributed by atoms with Gasteiger partial charge >= 0.3 is 24.1 Å². The van der Waals surface area contributed by atoms with Gasteiger partial charge in [0.05, 0.1) is 36.2 Å². The maximum Gasteiger partial charge on any atom is 0.509 e. The number of carbonyl (C=O) groups excluding carboxylic acids is 6. The van der Waals surface area contributed by atoms with Crippen LogP contribution >= 0.6 is 0 Å². The molecule has 2 aliphatic heterocycles. The minimum atomic E-state index is -2.31. The molecule has 3 aromatic carbocycles. The molecule has 0 aromatic heterocycles. The summed E-state index contributed by atoms with van der Waals surface area (Å²) in [5.41, 5.74) is -7.42. The Bertz CT molecular complexity index is 2930. The van der Waals surface area contributed by atoms with Crippen molar-refractivity contribution in [3.8, 4) is 0 Å². The van der Waals surface area contributed by atoms with Gasteiger partial charge in [-0.25, -0.2) is 14.4 Å². The number of unbranched alkanes of at least 4 members (excludes halogenated alkanes) is 8. The summed E-state index contributed by atoms with van der Waals surface area (Å²) in [6, 6.07) is 23.3. The van der Waals surface area contributed by atoms with Crippen LogP contribution in [0.5, 0.6) is 0 Å². The third kappa shape index (κ3) is 13.9. The number of ketones is 1. The summed E-state index contributed by atoms with van der Waals surface area (Å²) < 4.78 is 49.3. The van der Waals surface area contributed by atoms with Gasteiger partial charge in [-0.15, -0.1) is 0 Å². The summed E-state index contributed by atoms with van der Waals surface area (Å²) in [5, 5.41) is 29.4. The van der Waals surface area contributed by atoms with Crippen molar-refractivity contribution in [1.29, 1.82) is 0 Å². The molecule has 466 valence electrons. The number of rotatable bonds is 26. The number of esters is 3. The van der Waals surface area contributed by atoms with Crippen LogP contribution in [0.4, 0.5) is 4.79 Å². The molecular formula is C69H89NO16. The van der Waals surface area contributed by atoms with Gasteiger partial charge in [0.2, 0.25) is 6.10 Å². The molecule has 4 fully saturated rings. The molecule has 3 aliphatic carbocycles. The highest BCUT2D eigenvalue weighted by molar-refractivity contribution is 5.95. The number of nitrogens with one attached hydrogen (secondary N) is 1. The topological polar surface area (TPSA) is 229 Å². The van der Waals surface area contributed by atoms with Crippen molar-refractivity contribution < 1.29 is 76.9 Å². The third-order valence-electron chi connectivity index (χ3n) is 18.9. The van der Waals surface area contributed by atoms with Gasteiger partial charge in [-0.1, -0.05) is 157 Å². The maximum absolute atomic E-state index is 15.7. The predicted molar refractivity (Wildman–Crippen MR) is 320 cm³/mol. The van der Waals surface area contributed by atoms with E-state index < -0.39 is 124 Å². The molecule has 2 unspecified atom stereocenters. The fourth-order valence-corrected chi connectivity index (χ4v) is 14.0. The first-order chi connectivity index (χ1) is 41.1. The minimum absolute atomic E-state index is 0.101. The van der Waals surface area contributed by atoms with Gasteiger partial charge in [0.15, 0.2) is 11.9 Å². The zero-order valence-corrected chi connectivity index (χ0v) is 51.3. The molecule has 2 saturated carbocycles. The second-order valence-electron chi connectivity index (χ2n) is 24.9.